The van der Waals surface area contributed by atoms with Crippen LogP contribution in [0.4, 0.5) is 0 Å². The molecule has 0 radical (unpaired) electrons. The van der Waals surface area contributed by atoms with E-state index in [1.807, 2.05) is 30.3 Å². The molecule has 0 atom stereocenters. The topological polar surface area (TPSA) is 39.2 Å². The Kier molecular flexibility index (Phi) is 2.68. The lowest BCUT2D eigenvalue weighted by Gasteiger charge is -2.03. The molecule has 0 aliphatic carbocycles. The minimum Gasteiger partial charge on any atom is -0.404 e. The third-order valence-electron chi connectivity index (χ3n) is 2.12. The third kappa shape index (κ3) is 2.08. The number of fused-ring (bicyclic) bond motifs is 1. The van der Waals surface area contributed by atoms with E-state index in [9.17, 15) is 4.79 Å². The van der Waals surface area contributed by atoms with Crippen molar-refractivity contribution in [1.29, 1.82) is 0 Å². The molecular weight excluding hydrogens is 202 g/mol. The summed E-state index contributed by atoms with van der Waals surface area (Å²) < 4.78 is 5.03. The van der Waals surface area contributed by atoms with Gasteiger partial charge in [-0.05, 0) is 19.1 Å². The van der Waals surface area contributed by atoms with Gasteiger partial charge in [-0.15, -0.1) is 0 Å². The molecule has 1 heterocycles. The summed E-state index contributed by atoms with van der Waals surface area (Å²) in [6.07, 6.45) is 0. The van der Waals surface area contributed by atoms with E-state index in [2.05, 4.69) is 11.6 Å². The molecular formula is C13H11NO2. The van der Waals surface area contributed by atoms with E-state index in [0.29, 0.717) is 11.5 Å². The number of nitrogens with zero attached hydrogens (tertiary/aromatic N) is 1. The molecule has 0 unspecified atom stereocenters. The largest absolute Gasteiger partial charge is 0.404 e. The number of carbonyl (C=O) groups is 1. The van der Waals surface area contributed by atoms with Crippen LogP contribution in [0.25, 0.3) is 10.9 Å². The first-order valence-electron chi connectivity index (χ1n) is 4.90. The fourth-order valence-corrected chi connectivity index (χ4v) is 1.29. The minimum atomic E-state index is -0.456. The summed E-state index contributed by atoms with van der Waals surface area (Å²) in [4.78, 5) is 15.5. The maximum atomic E-state index is 11.3. The smallest absolute Gasteiger partial charge is 0.339 e. The molecule has 2 aromatic rings. The quantitative estimate of drug-likeness (QED) is 0.568. The summed E-state index contributed by atoms with van der Waals surface area (Å²) in [5.41, 5.74) is 1.16. The standard InChI is InChI=1S/C13H11NO2/c1-9(2)13(15)16-12-8-7-10-5-3-4-6-11(10)14-12/h3-8H,1H2,2H3. The van der Waals surface area contributed by atoms with Crippen LogP contribution in [0.1, 0.15) is 6.92 Å². The molecule has 0 bridgehead atoms. The predicted octanol–water partition coefficient (Wildman–Crippen LogP) is 2.72. The molecule has 0 aliphatic heterocycles. The molecule has 16 heavy (non-hydrogen) atoms. The molecule has 0 amide bonds. The average molecular weight is 213 g/mol. The summed E-state index contributed by atoms with van der Waals surface area (Å²) in [6, 6.07) is 11.2. The van der Waals surface area contributed by atoms with Crippen LogP contribution in [0, 0.1) is 0 Å². The van der Waals surface area contributed by atoms with E-state index in [-0.39, 0.29) is 0 Å². The zero-order valence-electron chi connectivity index (χ0n) is 8.93. The van der Waals surface area contributed by atoms with Crippen LogP contribution < -0.4 is 4.74 Å². The van der Waals surface area contributed by atoms with Gasteiger partial charge < -0.3 is 4.74 Å². The van der Waals surface area contributed by atoms with Gasteiger partial charge in [0.25, 0.3) is 0 Å². The first-order chi connectivity index (χ1) is 7.66. The Balaban J connectivity index is 2.33. The molecule has 0 spiro atoms. The molecule has 80 valence electrons. The van der Waals surface area contributed by atoms with Crippen molar-refractivity contribution in [2.24, 2.45) is 0 Å². The second kappa shape index (κ2) is 4.14. The number of carbonyl (C=O) groups excluding carboxylic acids is 1. The van der Waals surface area contributed by atoms with Crippen molar-refractivity contribution in [2.45, 2.75) is 6.92 Å². The Morgan fingerprint density at radius 2 is 2.00 bits per heavy atom. The summed E-state index contributed by atoms with van der Waals surface area (Å²) in [6.45, 7) is 5.11. The van der Waals surface area contributed by atoms with Crippen LogP contribution in [0.5, 0.6) is 5.88 Å². The fourth-order valence-electron chi connectivity index (χ4n) is 1.29. The molecule has 3 heteroatoms. The first-order valence-corrected chi connectivity index (χ1v) is 4.90. The Morgan fingerprint density at radius 3 is 2.75 bits per heavy atom. The van der Waals surface area contributed by atoms with E-state index in [4.69, 9.17) is 4.74 Å². The van der Waals surface area contributed by atoms with Crippen molar-refractivity contribution in [3.05, 3.63) is 48.6 Å². The molecule has 2 rings (SSSR count). The lowest BCUT2D eigenvalue weighted by Crippen LogP contribution is -2.09. The highest BCUT2D eigenvalue weighted by Gasteiger charge is 2.06. The summed E-state index contributed by atoms with van der Waals surface area (Å²) in [5.74, 6) is -0.158. The van der Waals surface area contributed by atoms with E-state index < -0.39 is 5.97 Å². The fraction of sp³-hybridized carbons (Fsp3) is 0.0769. The zero-order chi connectivity index (χ0) is 11.5. The van der Waals surface area contributed by atoms with Crippen molar-refractivity contribution >= 4 is 16.9 Å². The van der Waals surface area contributed by atoms with Crippen LogP contribution in [-0.4, -0.2) is 11.0 Å². The number of hydrogen-bond acceptors (Lipinski definition) is 3. The lowest BCUT2D eigenvalue weighted by molar-refractivity contribution is -0.130. The molecule has 0 aliphatic rings. The summed E-state index contributed by atoms with van der Waals surface area (Å²) in [5, 5.41) is 1.01. The molecule has 0 fully saturated rings. The zero-order valence-corrected chi connectivity index (χ0v) is 8.93. The third-order valence-corrected chi connectivity index (χ3v) is 2.12. The lowest BCUT2D eigenvalue weighted by atomic mass is 10.2. The Bertz CT molecular complexity index is 561. The van der Waals surface area contributed by atoms with E-state index in [1.165, 1.54) is 0 Å². The second-order valence-corrected chi connectivity index (χ2v) is 3.51. The molecule has 0 saturated heterocycles. The van der Waals surface area contributed by atoms with Gasteiger partial charge in [-0.1, -0.05) is 24.8 Å². The minimum absolute atomic E-state index is 0.298. The SMILES string of the molecule is C=C(C)C(=O)Oc1ccc2ccccc2n1. The van der Waals surface area contributed by atoms with Crippen LogP contribution >= 0.6 is 0 Å². The highest BCUT2D eigenvalue weighted by Crippen LogP contribution is 2.16. The number of hydrogen-bond donors (Lipinski definition) is 0. The van der Waals surface area contributed by atoms with Gasteiger partial charge >= 0.3 is 5.97 Å². The monoisotopic (exact) mass is 213 g/mol. The summed E-state index contributed by atoms with van der Waals surface area (Å²) in [7, 11) is 0. The van der Waals surface area contributed by atoms with Gasteiger partial charge in [-0.3, -0.25) is 0 Å². The van der Waals surface area contributed by atoms with Crippen LogP contribution in [0.3, 0.4) is 0 Å². The number of rotatable bonds is 2. The van der Waals surface area contributed by atoms with Gasteiger partial charge in [0.2, 0.25) is 5.88 Å². The van der Waals surface area contributed by atoms with Gasteiger partial charge in [0.05, 0.1) is 5.52 Å². The molecule has 0 N–H and O–H groups in total. The van der Waals surface area contributed by atoms with Crippen molar-refractivity contribution in [2.75, 3.05) is 0 Å². The maximum absolute atomic E-state index is 11.3. The van der Waals surface area contributed by atoms with Crippen molar-refractivity contribution in [3.63, 3.8) is 0 Å². The van der Waals surface area contributed by atoms with Gasteiger partial charge in [0.1, 0.15) is 0 Å². The van der Waals surface area contributed by atoms with Crippen molar-refractivity contribution < 1.29 is 9.53 Å². The summed E-state index contributed by atoms with van der Waals surface area (Å²) >= 11 is 0. The molecule has 1 aromatic carbocycles. The number of ether oxygens (including phenoxy) is 1. The van der Waals surface area contributed by atoms with Gasteiger partial charge in [-0.2, -0.15) is 0 Å². The molecule has 3 nitrogen and oxygen atoms in total. The van der Waals surface area contributed by atoms with Crippen molar-refractivity contribution in [3.8, 4) is 5.88 Å². The number of aromatic nitrogens is 1. The molecule has 0 saturated carbocycles. The van der Waals surface area contributed by atoms with Gasteiger partial charge in [0.15, 0.2) is 0 Å². The van der Waals surface area contributed by atoms with E-state index in [1.54, 1.807) is 13.0 Å². The second-order valence-electron chi connectivity index (χ2n) is 3.51. The number of esters is 1. The average Bonchev–Trinajstić information content (AvgIpc) is 2.28. The number of para-hydroxylation sites is 1. The molecule has 1 aromatic heterocycles. The van der Waals surface area contributed by atoms with Crippen LogP contribution in [0.15, 0.2) is 48.6 Å². The van der Waals surface area contributed by atoms with Gasteiger partial charge in [0, 0.05) is 17.0 Å². The first kappa shape index (κ1) is 10.4. The normalized spacial score (nSPS) is 10.1. The van der Waals surface area contributed by atoms with Crippen LogP contribution in [0.2, 0.25) is 0 Å². The Morgan fingerprint density at radius 1 is 1.25 bits per heavy atom. The Hall–Kier alpha value is -2.16. The maximum Gasteiger partial charge on any atom is 0.339 e. The van der Waals surface area contributed by atoms with Crippen LogP contribution in [-0.2, 0) is 4.79 Å². The number of benzene rings is 1. The van der Waals surface area contributed by atoms with E-state index >= 15 is 0 Å². The number of pyridine rings is 1. The van der Waals surface area contributed by atoms with E-state index in [0.717, 1.165) is 10.9 Å². The highest BCUT2D eigenvalue weighted by atomic mass is 16.5. The predicted molar refractivity (Wildman–Crippen MR) is 62.2 cm³/mol. The Labute approximate surface area is 93.4 Å². The van der Waals surface area contributed by atoms with Gasteiger partial charge in [-0.25, -0.2) is 9.78 Å². The highest BCUT2D eigenvalue weighted by molar-refractivity contribution is 5.89. The van der Waals surface area contributed by atoms with Crippen molar-refractivity contribution in [1.82, 2.24) is 4.98 Å².